The van der Waals surface area contributed by atoms with Crippen LogP contribution in [0.25, 0.3) is 0 Å². The number of methoxy groups -OCH3 is 1. The molecule has 7 nitrogen and oxygen atoms in total. The summed E-state index contributed by atoms with van der Waals surface area (Å²) in [6.07, 6.45) is 3.66. The van der Waals surface area contributed by atoms with E-state index in [1.807, 2.05) is 47.4 Å². The Balaban J connectivity index is 1.33. The van der Waals surface area contributed by atoms with Gasteiger partial charge in [-0.05, 0) is 85.9 Å². The zero-order valence-electron chi connectivity index (χ0n) is 23.9. The van der Waals surface area contributed by atoms with Crippen LogP contribution in [-0.4, -0.2) is 60.9 Å². The number of likely N-dealkylation sites (tertiary alicyclic amines) is 2. The number of hydrogen-bond acceptors (Lipinski definition) is 6. The number of rotatable bonds is 9. The largest absolute Gasteiger partial charge is 0.496 e. The van der Waals surface area contributed by atoms with E-state index in [4.69, 9.17) is 20.4 Å². The van der Waals surface area contributed by atoms with Crippen molar-refractivity contribution in [3.63, 3.8) is 0 Å². The number of carbonyl (C=O) groups excluding carboxylic acids is 1. The lowest BCUT2D eigenvalue weighted by molar-refractivity contribution is -0.130. The fourth-order valence-electron chi connectivity index (χ4n) is 6.11. The molecule has 2 saturated heterocycles. The molecule has 2 heterocycles. The Bertz CT molecular complexity index is 1460. The van der Waals surface area contributed by atoms with Crippen LogP contribution in [0.15, 0.2) is 77.8 Å². The number of hydrogen-bond donors (Lipinski definition) is 1. The van der Waals surface area contributed by atoms with E-state index in [-0.39, 0.29) is 23.6 Å². The van der Waals surface area contributed by atoms with Crippen LogP contribution >= 0.6 is 0 Å². The molecule has 2 atom stereocenters. The summed E-state index contributed by atoms with van der Waals surface area (Å²) in [5.41, 5.74) is 4.16. The lowest BCUT2D eigenvalue weighted by Crippen LogP contribution is -2.44. The van der Waals surface area contributed by atoms with Gasteiger partial charge in [-0.3, -0.25) is 14.7 Å². The number of nitrogens with zero attached hydrogens (tertiary/aromatic N) is 4. The van der Waals surface area contributed by atoms with E-state index in [0.29, 0.717) is 30.1 Å². The highest BCUT2D eigenvalue weighted by atomic mass is 19.1. The third-order valence-electron chi connectivity index (χ3n) is 8.41. The molecule has 1 N–H and O–H groups in total. The van der Waals surface area contributed by atoms with E-state index in [1.54, 1.807) is 19.2 Å². The predicted molar refractivity (Wildman–Crippen MR) is 162 cm³/mol. The van der Waals surface area contributed by atoms with Gasteiger partial charge in [-0.15, -0.1) is 0 Å². The number of halogens is 1. The van der Waals surface area contributed by atoms with Gasteiger partial charge in [-0.25, -0.2) is 4.39 Å². The van der Waals surface area contributed by atoms with Gasteiger partial charge in [0.15, 0.2) is 0 Å². The summed E-state index contributed by atoms with van der Waals surface area (Å²) in [5, 5.41) is 17.4. The molecule has 2 unspecified atom stereocenters. The SMILES string of the molecule is COc1ccccc1C1CCN(C(=O)C(C=N)C(=Nc2ccc(F)cc2)C2CCN(Cc3ccc(C#N)cc3)CC2)C1. The molecule has 0 bridgehead atoms. The van der Waals surface area contributed by atoms with Crippen molar-refractivity contribution in [1.82, 2.24) is 9.80 Å². The maximum absolute atomic E-state index is 14.0. The van der Waals surface area contributed by atoms with Crippen molar-refractivity contribution in [2.24, 2.45) is 16.8 Å². The van der Waals surface area contributed by atoms with Crippen LogP contribution in [0.2, 0.25) is 0 Å². The average molecular weight is 566 g/mol. The summed E-state index contributed by atoms with van der Waals surface area (Å²) >= 11 is 0. The van der Waals surface area contributed by atoms with Crippen molar-refractivity contribution < 1.29 is 13.9 Å². The zero-order valence-corrected chi connectivity index (χ0v) is 23.9. The molecule has 8 heteroatoms. The number of nitriles is 1. The first-order chi connectivity index (χ1) is 20.5. The van der Waals surface area contributed by atoms with Crippen LogP contribution in [0.5, 0.6) is 5.75 Å². The number of aliphatic imine (C=N–C) groups is 1. The zero-order chi connectivity index (χ0) is 29.5. The van der Waals surface area contributed by atoms with Crippen LogP contribution in [0.4, 0.5) is 10.1 Å². The number of nitrogens with one attached hydrogen (secondary N) is 1. The Hall–Kier alpha value is -4.35. The summed E-state index contributed by atoms with van der Waals surface area (Å²) in [4.78, 5) is 23.1. The maximum atomic E-state index is 14.0. The number of benzene rings is 3. The second-order valence-corrected chi connectivity index (χ2v) is 11.0. The molecular formula is C34H36FN5O2. The molecule has 0 radical (unpaired) electrons. The van der Waals surface area contributed by atoms with Gasteiger partial charge in [0, 0.05) is 43.4 Å². The van der Waals surface area contributed by atoms with Crippen molar-refractivity contribution in [3.05, 3.63) is 95.3 Å². The van der Waals surface area contributed by atoms with E-state index in [2.05, 4.69) is 17.0 Å². The van der Waals surface area contributed by atoms with Crippen molar-refractivity contribution in [2.45, 2.75) is 31.7 Å². The van der Waals surface area contributed by atoms with Gasteiger partial charge in [0.25, 0.3) is 0 Å². The van der Waals surface area contributed by atoms with Crippen LogP contribution in [0.1, 0.15) is 41.9 Å². The molecule has 5 rings (SSSR count). The molecule has 216 valence electrons. The molecule has 1 amide bonds. The van der Waals surface area contributed by atoms with E-state index in [1.165, 1.54) is 18.3 Å². The average Bonchev–Trinajstić information content (AvgIpc) is 3.53. The Kier molecular flexibility index (Phi) is 9.40. The molecule has 0 saturated carbocycles. The Morgan fingerprint density at radius 3 is 2.45 bits per heavy atom. The standard InChI is InChI=1S/C34H36FN5O2/c1-42-32-5-3-2-4-30(32)27-16-19-40(23-27)34(41)31(21-37)33(38-29-12-10-28(35)11-13-29)26-14-17-39(18-15-26)22-25-8-6-24(20-36)7-9-25/h2-13,21,26-27,31,37H,14-19,22-23H2,1H3. The second kappa shape index (κ2) is 13.5. The topological polar surface area (TPSA) is 92.8 Å². The van der Waals surface area contributed by atoms with Gasteiger partial charge in [-0.2, -0.15) is 5.26 Å². The van der Waals surface area contributed by atoms with Crippen molar-refractivity contribution >= 4 is 23.5 Å². The Morgan fingerprint density at radius 2 is 1.79 bits per heavy atom. The summed E-state index contributed by atoms with van der Waals surface area (Å²) in [5.74, 6) is -0.211. The maximum Gasteiger partial charge on any atom is 0.236 e. The van der Waals surface area contributed by atoms with Crippen LogP contribution < -0.4 is 4.74 Å². The number of para-hydroxylation sites is 1. The molecule has 0 aliphatic carbocycles. The van der Waals surface area contributed by atoms with Gasteiger partial charge in [0.1, 0.15) is 17.5 Å². The van der Waals surface area contributed by atoms with E-state index < -0.39 is 5.92 Å². The molecule has 0 aromatic heterocycles. The molecule has 3 aromatic carbocycles. The van der Waals surface area contributed by atoms with Gasteiger partial charge < -0.3 is 15.0 Å². The summed E-state index contributed by atoms with van der Waals surface area (Å²) in [7, 11) is 1.66. The highest BCUT2D eigenvalue weighted by Gasteiger charge is 2.37. The Morgan fingerprint density at radius 1 is 1.07 bits per heavy atom. The van der Waals surface area contributed by atoms with Crippen molar-refractivity contribution in [2.75, 3.05) is 33.3 Å². The second-order valence-electron chi connectivity index (χ2n) is 11.0. The number of piperidine rings is 1. The summed E-state index contributed by atoms with van der Waals surface area (Å²) in [6.45, 7) is 3.61. The minimum Gasteiger partial charge on any atom is -0.496 e. The van der Waals surface area contributed by atoms with Crippen molar-refractivity contribution in [3.8, 4) is 11.8 Å². The molecule has 2 fully saturated rings. The van der Waals surface area contributed by atoms with Gasteiger partial charge in [0.05, 0.1) is 24.4 Å². The third-order valence-corrected chi connectivity index (χ3v) is 8.41. The molecule has 2 aliphatic rings. The predicted octanol–water partition coefficient (Wildman–Crippen LogP) is 5.97. The Labute approximate surface area is 246 Å². The molecule has 3 aromatic rings. The first-order valence-corrected chi connectivity index (χ1v) is 14.5. The molecule has 2 aliphatic heterocycles. The van der Waals surface area contributed by atoms with E-state index in [0.717, 1.165) is 55.8 Å². The normalized spacial score (nSPS) is 18.8. The molecule has 42 heavy (non-hydrogen) atoms. The smallest absolute Gasteiger partial charge is 0.236 e. The first-order valence-electron chi connectivity index (χ1n) is 14.5. The third kappa shape index (κ3) is 6.75. The number of amides is 1. The van der Waals surface area contributed by atoms with Gasteiger partial charge in [-0.1, -0.05) is 30.3 Å². The van der Waals surface area contributed by atoms with E-state index in [9.17, 15) is 9.18 Å². The van der Waals surface area contributed by atoms with E-state index >= 15 is 0 Å². The van der Waals surface area contributed by atoms with Gasteiger partial charge >= 0.3 is 0 Å². The minimum absolute atomic E-state index is 0.0236. The van der Waals surface area contributed by atoms with Gasteiger partial charge in [0.2, 0.25) is 5.91 Å². The summed E-state index contributed by atoms with van der Waals surface area (Å²) < 4.78 is 19.2. The molecule has 0 spiro atoms. The summed E-state index contributed by atoms with van der Waals surface area (Å²) in [6, 6.07) is 23.7. The monoisotopic (exact) mass is 565 g/mol. The lowest BCUT2D eigenvalue weighted by Gasteiger charge is -2.34. The van der Waals surface area contributed by atoms with Crippen LogP contribution in [0, 0.1) is 34.4 Å². The highest BCUT2D eigenvalue weighted by molar-refractivity contribution is 6.16. The molecular weight excluding hydrogens is 529 g/mol. The first kappa shape index (κ1) is 29.2. The fraction of sp³-hybridized carbons (Fsp3) is 0.353. The van der Waals surface area contributed by atoms with Crippen molar-refractivity contribution in [1.29, 1.82) is 10.7 Å². The number of ether oxygens (including phenoxy) is 1. The van der Waals surface area contributed by atoms with Crippen LogP contribution in [-0.2, 0) is 11.3 Å². The quantitative estimate of drug-likeness (QED) is 0.324. The number of carbonyl (C=O) groups is 1. The minimum atomic E-state index is -0.776. The van der Waals surface area contributed by atoms with Crippen LogP contribution in [0.3, 0.4) is 0 Å². The fourth-order valence-corrected chi connectivity index (χ4v) is 6.11. The highest BCUT2D eigenvalue weighted by Crippen LogP contribution is 2.35. The lowest BCUT2D eigenvalue weighted by atomic mass is 9.84.